The van der Waals surface area contributed by atoms with Crippen LogP contribution in [0, 0.1) is 0 Å². The van der Waals surface area contributed by atoms with Gasteiger partial charge in [-0.1, -0.05) is 12.1 Å². The lowest BCUT2D eigenvalue weighted by atomic mass is 10.1. The third-order valence-electron chi connectivity index (χ3n) is 3.61. The van der Waals surface area contributed by atoms with Crippen molar-refractivity contribution in [2.75, 3.05) is 6.61 Å². The van der Waals surface area contributed by atoms with Crippen LogP contribution in [0.5, 0.6) is 5.75 Å². The van der Waals surface area contributed by atoms with Gasteiger partial charge in [0, 0.05) is 11.6 Å². The largest absolute Gasteiger partial charge is 0.480 e. The van der Waals surface area contributed by atoms with Crippen molar-refractivity contribution in [1.29, 1.82) is 0 Å². The number of hydrogen-bond acceptors (Lipinski definition) is 4. The highest BCUT2D eigenvalue weighted by Crippen LogP contribution is 2.40. The van der Waals surface area contributed by atoms with Crippen molar-refractivity contribution in [2.45, 2.75) is 0 Å². The number of carbonyl (C=O) groups is 2. The molecule has 1 aliphatic heterocycles. The predicted molar refractivity (Wildman–Crippen MR) is 78.0 cm³/mol. The molecule has 0 bridgehead atoms. The second-order valence-corrected chi connectivity index (χ2v) is 4.93. The smallest absolute Gasteiger partial charge is 0.341 e. The van der Waals surface area contributed by atoms with Gasteiger partial charge in [0.1, 0.15) is 17.0 Å². The molecule has 3 aromatic rings. The zero-order valence-electron chi connectivity index (χ0n) is 11.3. The molecule has 0 unspecified atom stereocenters. The van der Waals surface area contributed by atoms with Crippen molar-refractivity contribution in [1.82, 2.24) is 9.55 Å². The first-order valence-corrected chi connectivity index (χ1v) is 6.66. The summed E-state index contributed by atoms with van der Waals surface area (Å²) in [6.07, 6.45) is 1.66. The third kappa shape index (κ3) is 1.64. The Morgan fingerprint density at radius 3 is 2.86 bits per heavy atom. The lowest BCUT2D eigenvalue weighted by molar-refractivity contribution is -0.139. The molecule has 0 spiro atoms. The second kappa shape index (κ2) is 4.42. The molecule has 2 aromatic heterocycles. The van der Waals surface area contributed by atoms with Crippen LogP contribution < -0.4 is 4.74 Å². The molecule has 4 rings (SSSR count). The summed E-state index contributed by atoms with van der Waals surface area (Å²) in [7, 11) is 0. The van der Waals surface area contributed by atoms with E-state index in [9.17, 15) is 9.59 Å². The average Bonchev–Trinajstić information content (AvgIpc) is 3.08. The monoisotopic (exact) mass is 294 g/mol. The van der Waals surface area contributed by atoms with Gasteiger partial charge in [0.05, 0.1) is 11.2 Å². The number of carboxylic acids is 1. The molecule has 0 saturated heterocycles. The van der Waals surface area contributed by atoms with E-state index in [0.29, 0.717) is 27.9 Å². The highest BCUT2D eigenvalue weighted by molar-refractivity contribution is 6.13. The molecule has 0 atom stereocenters. The second-order valence-electron chi connectivity index (χ2n) is 4.93. The highest BCUT2D eigenvalue weighted by Gasteiger charge is 2.32. The minimum absolute atomic E-state index is 0.256. The molecule has 0 radical (unpaired) electrons. The zero-order valence-corrected chi connectivity index (χ0v) is 11.3. The van der Waals surface area contributed by atoms with Gasteiger partial charge in [-0.05, 0) is 24.3 Å². The van der Waals surface area contributed by atoms with Gasteiger partial charge in [0.25, 0.3) is 5.91 Å². The van der Waals surface area contributed by atoms with Crippen LogP contribution in [0.2, 0.25) is 0 Å². The SMILES string of the molecule is O=C(O)COc1c2c(nc3ccccc13)-c1cccn1C2=O. The molecule has 3 heterocycles. The van der Waals surface area contributed by atoms with E-state index >= 15 is 0 Å². The number of pyridine rings is 1. The molecule has 108 valence electrons. The Kier molecular flexibility index (Phi) is 2.53. The van der Waals surface area contributed by atoms with Crippen molar-refractivity contribution < 1.29 is 19.4 Å². The van der Waals surface area contributed by atoms with E-state index in [4.69, 9.17) is 9.84 Å². The fourth-order valence-corrected chi connectivity index (χ4v) is 2.72. The number of aromatic nitrogens is 2. The summed E-state index contributed by atoms with van der Waals surface area (Å²) in [5.74, 6) is -1.08. The van der Waals surface area contributed by atoms with Gasteiger partial charge in [-0.15, -0.1) is 0 Å². The quantitative estimate of drug-likeness (QED) is 0.626. The third-order valence-corrected chi connectivity index (χ3v) is 3.61. The van der Waals surface area contributed by atoms with Gasteiger partial charge in [0.15, 0.2) is 6.61 Å². The van der Waals surface area contributed by atoms with E-state index in [1.54, 1.807) is 36.5 Å². The summed E-state index contributed by atoms with van der Waals surface area (Å²) < 4.78 is 6.91. The van der Waals surface area contributed by atoms with Gasteiger partial charge in [0.2, 0.25) is 0 Å². The van der Waals surface area contributed by atoms with Gasteiger partial charge in [-0.3, -0.25) is 9.36 Å². The maximum absolute atomic E-state index is 12.6. The number of para-hydroxylation sites is 1. The topological polar surface area (TPSA) is 81.4 Å². The van der Waals surface area contributed by atoms with Crippen molar-refractivity contribution in [2.24, 2.45) is 0 Å². The lowest BCUT2D eigenvalue weighted by Crippen LogP contribution is -2.13. The number of ether oxygens (including phenoxy) is 1. The minimum atomic E-state index is -1.10. The summed E-state index contributed by atoms with van der Waals surface area (Å²) in [5.41, 5.74) is 2.18. The van der Waals surface area contributed by atoms with Crippen LogP contribution in [0.3, 0.4) is 0 Å². The Labute approximate surface area is 124 Å². The maximum Gasteiger partial charge on any atom is 0.341 e. The summed E-state index contributed by atoms with van der Waals surface area (Å²) >= 11 is 0. The fourth-order valence-electron chi connectivity index (χ4n) is 2.72. The highest BCUT2D eigenvalue weighted by atomic mass is 16.5. The minimum Gasteiger partial charge on any atom is -0.480 e. The maximum atomic E-state index is 12.6. The van der Waals surface area contributed by atoms with Crippen LogP contribution in [0.15, 0.2) is 42.6 Å². The summed E-state index contributed by atoms with van der Waals surface area (Å²) in [6, 6.07) is 10.8. The number of hydrogen-bond donors (Lipinski definition) is 1. The number of carbonyl (C=O) groups excluding carboxylic acids is 1. The van der Waals surface area contributed by atoms with Crippen LogP contribution in [-0.2, 0) is 4.79 Å². The van der Waals surface area contributed by atoms with Crippen molar-refractivity contribution in [3.63, 3.8) is 0 Å². The van der Waals surface area contributed by atoms with Gasteiger partial charge < -0.3 is 9.84 Å². The molecule has 0 fully saturated rings. The van der Waals surface area contributed by atoms with Crippen LogP contribution in [0.1, 0.15) is 10.4 Å². The van der Waals surface area contributed by atoms with E-state index in [0.717, 1.165) is 0 Å². The molecule has 6 nitrogen and oxygen atoms in total. The first kappa shape index (κ1) is 12.6. The van der Waals surface area contributed by atoms with Crippen molar-refractivity contribution >= 4 is 22.8 Å². The number of rotatable bonds is 3. The number of nitrogens with zero attached hydrogens (tertiary/aromatic N) is 2. The Balaban J connectivity index is 2.03. The van der Waals surface area contributed by atoms with Crippen molar-refractivity contribution in [3.8, 4) is 17.1 Å². The fraction of sp³-hybridized carbons (Fsp3) is 0.0625. The van der Waals surface area contributed by atoms with Crippen LogP contribution in [0.25, 0.3) is 22.3 Å². The zero-order chi connectivity index (χ0) is 15.3. The molecule has 0 saturated carbocycles. The Morgan fingerprint density at radius 1 is 1.23 bits per heavy atom. The first-order chi connectivity index (χ1) is 10.7. The van der Waals surface area contributed by atoms with Crippen LogP contribution >= 0.6 is 0 Å². The van der Waals surface area contributed by atoms with Gasteiger partial charge in [-0.2, -0.15) is 0 Å². The van der Waals surface area contributed by atoms with E-state index in [-0.39, 0.29) is 11.7 Å². The van der Waals surface area contributed by atoms with Crippen molar-refractivity contribution in [3.05, 3.63) is 48.2 Å². The standard InChI is InChI=1S/C16H10N2O4/c19-12(20)8-22-15-9-4-1-2-5-10(9)17-14-11-6-3-7-18(11)16(21)13(14)15/h1-7H,8H2,(H,19,20). The number of aliphatic carboxylic acids is 1. The Morgan fingerprint density at radius 2 is 2.05 bits per heavy atom. The number of benzene rings is 1. The summed E-state index contributed by atoms with van der Waals surface area (Å²) in [5, 5.41) is 9.49. The average molecular weight is 294 g/mol. The molecular formula is C16H10N2O4. The molecule has 1 aromatic carbocycles. The predicted octanol–water partition coefficient (Wildman–Crippen LogP) is 2.17. The summed E-state index contributed by atoms with van der Waals surface area (Å²) in [6.45, 7) is -0.511. The normalized spacial score (nSPS) is 12.3. The van der Waals surface area contributed by atoms with Crippen LogP contribution in [-0.4, -0.2) is 33.1 Å². The molecule has 1 aliphatic rings. The summed E-state index contributed by atoms with van der Waals surface area (Å²) in [4.78, 5) is 27.9. The number of fused-ring (bicyclic) bond motifs is 4. The molecule has 22 heavy (non-hydrogen) atoms. The Hall–Kier alpha value is -3.15. The molecule has 6 heteroatoms. The Bertz CT molecular complexity index is 942. The van der Waals surface area contributed by atoms with Gasteiger partial charge in [-0.25, -0.2) is 9.78 Å². The lowest BCUT2D eigenvalue weighted by Gasteiger charge is -2.11. The molecule has 1 N–H and O–H groups in total. The van der Waals surface area contributed by atoms with E-state index in [1.807, 2.05) is 6.07 Å². The van der Waals surface area contributed by atoms with Crippen LogP contribution in [0.4, 0.5) is 0 Å². The van der Waals surface area contributed by atoms with Gasteiger partial charge >= 0.3 is 5.97 Å². The first-order valence-electron chi connectivity index (χ1n) is 6.66. The van der Waals surface area contributed by atoms with E-state index in [1.165, 1.54) is 4.57 Å². The molecule has 0 amide bonds. The molecular weight excluding hydrogens is 284 g/mol. The van der Waals surface area contributed by atoms with E-state index < -0.39 is 12.6 Å². The number of carboxylic acid groups (broad SMARTS) is 1. The molecule has 0 aliphatic carbocycles. The van der Waals surface area contributed by atoms with E-state index in [2.05, 4.69) is 4.98 Å².